The van der Waals surface area contributed by atoms with Crippen LogP contribution >= 0.6 is 0 Å². The van der Waals surface area contributed by atoms with E-state index in [4.69, 9.17) is 10.5 Å². The highest BCUT2D eigenvalue weighted by atomic mass is 32.2. The van der Waals surface area contributed by atoms with Gasteiger partial charge in [-0.1, -0.05) is 19.1 Å². The Morgan fingerprint density at radius 1 is 1.32 bits per heavy atom. The summed E-state index contributed by atoms with van der Waals surface area (Å²) >= 11 is 0. The molecule has 0 unspecified atom stereocenters. The molecule has 0 aliphatic rings. The number of nitrogen functional groups attached to an aromatic ring is 1. The van der Waals surface area contributed by atoms with Gasteiger partial charge in [-0.2, -0.15) is 4.31 Å². The minimum Gasteiger partial charge on any atom is -0.399 e. The maximum Gasteiger partial charge on any atom is 0.218 e. The van der Waals surface area contributed by atoms with Crippen molar-refractivity contribution in [1.29, 1.82) is 0 Å². The van der Waals surface area contributed by atoms with Crippen LogP contribution in [0.15, 0.2) is 24.3 Å². The molecule has 0 heterocycles. The average Bonchev–Trinajstić information content (AvgIpc) is 2.34. The molecule has 0 aliphatic heterocycles. The number of rotatable bonds is 8. The van der Waals surface area contributed by atoms with Crippen molar-refractivity contribution in [2.75, 3.05) is 32.0 Å². The smallest absolute Gasteiger partial charge is 0.218 e. The van der Waals surface area contributed by atoms with Gasteiger partial charge < -0.3 is 10.5 Å². The lowest BCUT2D eigenvalue weighted by atomic mass is 10.2. The van der Waals surface area contributed by atoms with Gasteiger partial charge >= 0.3 is 0 Å². The van der Waals surface area contributed by atoms with Crippen LogP contribution in [0.25, 0.3) is 0 Å². The van der Waals surface area contributed by atoms with Crippen LogP contribution in [0.4, 0.5) is 5.69 Å². The molecule has 0 atom stereocenters. The first-order chi connectivity index (χ1) is 8.99. The van der Waals surface area contributed by atoms with E-state index in [0.717, 1.165) is 0 Å². The predicted octanol–water partition coefficient (Wildman–Crippen LogP) is 1.46. The summed E-state index contributed by atoms with van der Waals surface area (Å²) in [6, 6.07) is 6.96. The molecule has 1 rings (SSSR count). The molecule has 5 nitrogen and oxygen atoms in total. The van der Waals surface area contributed by atoms with Crippen molar-refractivity contribution >= 4 is 15.7 Å². The fraction of sp³-hybridized carbons (Fsp3) is 0.538. The summed E-state index contributed by atoms with van der Waals surface area (Å²) in [5.74, 6) is -0.0298. The zero-order valence-electron chi connectivity index (χ0n) is 11.5. The summed E-state index contributed by atoms with van der Waals surface area (Å²) in [4.78, 5) is 0. The van der Waals surface area contributed by atoms with Crippen LogP contribution in [0.5, 0.6) is 0 Å². The molecular formula is C13H22N2O3S. The molecule has 0 amide bonds. The van der Waals surface area contributed by atoms with Gasteiger partial charge in [0.05, 0.1) is 12.4 Å². The molecule has 0 bridgehead atoms. The minimum atomic E-state index is -3.32. The maximum absolute atomic E-state index is 12.3. The lowest BCUT2D eigenvalue weighted by Crippen LogP contribution is -2.34. The molecule has 0 saturated carbocycles. The summed E-state index contributed by atoms with van der Waals surface area (Å²) in [5, 5.41) is 0. The predicted molar refractivity (Wildman–Crippen MR) is 77.2 cm³/mol. The Balaban J connectivity index is 2.72. The van der Waals surface area contributed by atoms with Gasteiger partial charge in [0, 0.05) is 25.4 Å². The normalized spacial score (nSPS) is 11.9. The Kier molecular flexibility index (Phi) is 6.27. The highest BCUT2D eigenvalue weighted by molar-refractivity contribution is 7.88. The zero-order valence-corrected chi connectivity index (χ0v) is 12.3. The minimum absolute atomic E-state index is 0.0298. The molecule has 19 heavy (non-hydrogen) atoms. The largest absolute Gasteiger partial charge is 0.399 e. The Labute approximate surface area is 115 Å². The number of hydrogen-bond donors (Lipinski definition) is 1. The summed E-state index contributed by atoms with van der Waals surface area (Å²) in [5.41, 5.74) is 6.93. The van der Waals surface area contributed by atoms with Gasteiger partial charge in [-0.3, -0.25) is 0 Å². The van der Waals surface area contributed by atoms with Gasteiger partial charge in [0.2, 0.25) is 10.0 Å². The topological polar surface area (TPSA) is 72.6 Å². The molecule has 0 aliphatic carbocycles. The van der Waals surface area contributed by atoms with E-state index < -0.39 is 10.0 Å². The Morgan fingerprint density at radius 3 is 2.63 bits per heavy atom. The number of benzene rings is 1. The van der Waals surface area contributed by atoms with Gasteiger partial charge in [0.25, 0.3) is 0 Å². The molecule has 0 fully saturated rings. The van der Waals surface area contributed by atoms with Crippen LogP contribution in [-0.2, 0) is 20.5 Å². The second-order valence-corrected chi connectivity index (χ2v) is 6.16. The highest BCUT2D eigenvalue weighted by Gasteiger charge is 2.20. The number of likely N-dealkylation sites (N-methyl/N-ethyl adjacent to an activating group) is 1. The molecule has 0 spiro atoms. The molecule has 6 heteroatoms. The van der Waals surface area contributed by atoms with E-state index in [1.165, 1.54) is 4.31 Å². The van der Waals surface area contributed by atoms with Crippen molar-refractivity contribution < 1.29 is 13.2 Å². The summed E-state index contributed by atoms with van der Waals surface area (Å²) in [6.45, 7) is 5.54. The SMILES string of the molecule is CCOCCN(CC)S(=O)(=O)Cc1cccc(N)c1. The van der Waals surface area contributed by atoms with Crippen LogP contribution in [-0.4, -0.2) is 39.0 Å². The fourth-order valence-electron chi connectivity index (χ4n) is 1.79. The number of nitrogens with zero attached hydrogens (tertiary/aromatic N) is 1. The van der Waals surface area contributed by atoms with Gasteiger partial charge in [-0.15, -0.1) is 0 Å². The average molecular weight is 286 g/mol. The molecule has 1 aromatic rings. The number of anilines is 1. The molecule has 1 aromatic carbocycles. The van der Waals surface area contributed by atoms with Crippen LogP contribution < -0.4 is 5.73 Å². The molecular weight excluding hydrogens is 264 g/mol. The van der Waals surface area contributed by atoms with E-state index in [1.54, 1.807) is 24.3 Å². The van der Waals surface area contributed by atoms with Gasteiger partial charge in [-0.05, 0) is 24.6 Å². The summed E-state index contributed by atoms with van der Waals surface area (Å²) in [7, 11) is -3.32. The van der Waals surface area contributed by atoms with E-state index in [-0.39, 0.29) is 5.75 Å². The first-order valence-corrected chi connectivity index (χ1v) is 8.00. The van der Waals surface area contributed by atoms with Crippen molar-refractivity contribution in [2.24, 2.45) is 0 Å². The first-order valence-electron chi connectivity index (χ1n) is 6.39. The molecule has 0 aromatic heterocycles. The Morgan fingerprint density at radius 2 is 2.05 bits per heavy atom. The molecule has 0 saturated heterocycles. The monoisotopic (exact) mass is 286 g/mol. The van der Waals surface area contributed by atoms with E-state index in [2.05, 4.69) is 0 Å². The molecule has 2 N–H and O–H groups in total. The van der Waals surface area contributed by atoms with Crippen LogP contribution in [0.1, 0.15) is 19.4 Å². The number of hydrogen-bond acceptors (Lipinski definition) is 4. The standard InChI is InChI=1S/C13H22N2O3S/c1-3-15(8-9-18-4-2)19(16,17)11-12-6-5-7-13(14)10-12/h5-7,10H,3-4,8-9,11,14H2,1-2H3. The van der Waals surface area contributed by atoms with Crippen molar-refractivity contribution in [2.45, 2.75) is 19.6 Å². The number of ether oxygens (including phenoxy) is 1. The second kappa shape index (κ2) is 7.47. The van der Waals surface area contributed by atoms with Gasteiger partial charge in [0.15, 0.2) is 0 Å². The number of nitrogens with two attached hydrogens (primary N) is 1. The summed E-state index contributed by atoms with van der Waals surface area (Å²) < 4.78 is 31.2. The van der Waals surface area contributed by atoms with E-state index >= 15 is 0 Å². The molecule has 108 valence electrons. The summed E-state index contributed by atoms with van der Waals surface area (Å²) in [6.07, 6.45) is 0. The quantitative estimate of drug-likeness (QED) is 0.580. The van der Waals surface area contributed by atoms with Crippen molar-refractivity contribution in [1.82, 2.24) is 4.31 Å². The Bertz CT molecular complexity index is 488. The van der Waals surface area contributed by atoms with Crippen LogP contribution in [0.2, 0.25) is 0 Å². The molecule has 0 radical (unpaired) electrons. The van der Waals surface area contributed by atoms with Crippen LogP contribution in [0, 0.1) is 0 Å². The first kappa shape index (κ1) is 15.9. The zero-order chi connectivity index (χ0) is 14.3. The number of sulfonamides is 1. The lowest BCUT2D eigenvalue weighted by Gasteiger charge is -2.20. The van der Waals surface area contributed by atoms with Crippen LogP contribution in [0.3, 0.4) is 0 Å². The maximum atomic E-state index is 12.3. The van der Waals surface area contributed by atoms with Gasteiger partial charge in [-0.25, -0.2) is 8.42 Å². The highest BCUT2D eigenvalue weighted by Crippen LogP contribution is 2.13. The van der Waals surface area contributed by atoms with Crippen molar-refractivity contribution in [3.63, 3.8) is 0 Å². The third-order valence-corrected chi connectivity index (χ3v) is 4.66. The van der Waals surface area contributed by atoms with Crippen molar-refractivity contribution in [3.05, 3.63) is 29.8 Å². The third-order valence-electron chi connectivity index (χ3n) is 2.74. The van der Waals surface area contributed by atoms with E-state index in [1.807, 2.05) is 13.8 Å². The van der Waals surface area contributed by atoms with Gasteiger partial charge in [0.1, 0.15) is 0 Å². The van der Waals surface area contributed by atoms with E-state index in [9.17, 15) is 8.42 Å². The van der Waals surface area contributed by atoms with E-state index in [0.29, 0.717) is 37.6 Å². The third kappa shape index (κ3) is 5.18. The lowest BCUT2D eigenvalue weighted by molar-refractivity contribution is 0.135. The second-order valence-electron chi connectivity index (χ2n) is 4.19. The fourth-order valence-corrected chi connectivity index (χ4v) is 3.32. The van der Waals surface area contributed by atoms with Crippen molar-refractivity contribution in [3.8, 4) is 0 Å². The Hall–Kier alpha value is -1.11.